The fourth-order valence-corrected chi connectivity index (χ4v) is 3.19. The lowest BCUT2D eigenvalue weighted by atomic mass is 10.1. The van der Waals surface area contributed by atoms with Gasteiger partial charge in [-0.05, 0) is 37.1 Å². The topological polar surface area (TPSA) is 58.2 Å². The smallest absolute Gasteiger partial charge is 0.242 e. The maximum atomic E-state index is 12.4. The Kier molecular flexibility index (Phi) is 4.62. The third-order valence-electron chi connectivity index (χ3n) is 3.59. The molecule has 1 aromatic heterocycles. The first-order valence-electron chi connectivity index (χ1n) is 7.32. The number of benzene rings is 1. The van der Waals surface area contributed by atoms with E-state index in [0.717, 1.165) is 11.1 Å². The molecule has 118 valence electrons. The Morgan fingerprint density at radius 3 is 2.87 bits per heavy atom. The summed E-state index contributed by atoms with van der Waals surface area (Å²) in [5.41, 5.74) is 2.27. The van der Waals surface area contributed by atoms with Crippen molar-refractivity contribution in [2.24, 2.45) is 10.2 Å². The van der Waals surface area contributed by atoms with Crippen LogP contribution >= 0.6 is 11.8 Å². The van der Waals surface area contributed by atoms with E-state index in [2.05, 4.69) is 10.2 Å². The van der Waals surface area contributed by atoms with Crippen LogP contribution in [0.2, 0.25) is 0 Å². The van der Waals surface area contributed by atoms with Gasteiger partial charge in [-0.15, -0.1) is 5.10 Å². The van der Waals surface area contributed by atoms with Crippen LogP contribution in [-0.4, -0.2) is 27.4 Å². The Morgan fingerprint density at radius 2 is 2.13 bits per heavy atom. The van der Waals surface area contributed by atoms with Gasteiger partial charge in [-0.2, -0.15) is 5.10 Å². The number of rotatable bonds is 4. The maximum absolute atomic E-state index is 12.4. The standard InChI is InChI=1S/C17H17N3O2S/c1-12-6-3-4-7-14(12)11-20-16(21)13(2)23-17(20)19-18-10-15-8-5-9-22-15/h3-10,13H,11H2,1-2H3/b18-10+,19-17+. The fraction of sp³-hybridized carbons (Fsp3) is 0.235. The highest BCUT2D eigenvalue weighted by molar-refractivity contribution is 8.15. The molecule has 1 unspecified atom stereocenters. The van der Waals surface area contributed by atoms with Crippen molar-refractivity contribution in [3.8, 4) is 0 Å². The van der Waals surface area contributed by atoms with Crippen molar-refractivity contribution in [2.75, 3.05) is 0 Å². The summed E-state index contributed by atoms with van der Waals surface area (Å²) < 4.78 is 5.17. The molecule has 6 heteroatoms. The molecule has 2 heterocycles. The zero-order valence-corrected chi connectivity index (χ0v) is 13.8. The van der Waals surface area contributed by atoms with E-state index in [1.165, 1.54) is 18.0 Å². The van der Waals surface area contributed by atoms with Gasteiger partial charge in [0, 0.05) is 0 Å². The molecule has 1 aliphatic rings. The molecule has 0 aliphatic carbocycles. The Balaban J connectivity index is 1.80. The second-order valence-corrected chi connectivity index (χ2v) is 6.56. The summed E-state index contributed by atoms with van der Waals surface area (Å²) in [6, 6.07) is 11.6. The van der Waals surface area contributed by atoms with Crippen LogP contribution < -0.4 is 0 Å². The average molecular weight is 327 g/mol. The molecule has 3 rings (SSSR count). The molecule has 1 fully saturated rings. The minimum absolute atomic E-state index is 0.0604. The highest BCUT2D eigenvalue weighted by atomic mass is 32.2. The summed E-state index contributed by atoms with van der Waals surface area (Å²) >= 11 is 1.43. The zero-order valence-electron chi connectivity index (χ0n) is 13.0. The summed E-state index contributed by atoms with van der Waals surface area (Å²) in [7, 11) is 0. The third kappa shape index (κ3) is 3.53. The van der Waals surface area contributed by atoms with Crippen LogP contribution in [0.3, 0.4) is 0 Å². The van der Waals surface area contributed by atoms with Crippen LogP contribution in [0.15, 0.2) is 57.3 Å². The van der Waals surface area contributed by atoms with Gasteiger partial charge in [-0.3, -0.25) is 9.69 Å². The summed E-state index contributed by atoms with van der Waals surface area (Å²) in [5, 5.41) is 8.71. The van der Waals surface area contributed by atoms with E-state index in [4.69, 9.17) is 4.42 Å². The highest BCUT2D eigenvalue weighted by Crippen LogP contribution is 2.29. The molecule has 0 bridgehead atoms. The highest BCUT2D eigenvalue weighted by Gasteiger charge is 2.35. The molecular formula is C17H17N3O2S. The molecule has 0 saturated carbocycles. The number of carbonyl (C=O) groups excluding carboxylic acids is 1. The number of amides is 1. The van der Waals surface area contributed by atoms with Gasteiger partial charge in [0.25, 0.3) is 0 Å². The predicted molar refractivity (Wildman–Crippen MR) is 92.5 cm³/mol. The lowest BCUT2D eigenvalue weighted by Gasteiger charge is -2.16. The Hall–Kier alpha value is -2.34. The second kappa shape index (κ2) is 6.83. The van der Waals surface area contributed by atoms with Crippen molar-refractivity contribution in [2.45, 2.75) is 25.6 Å². The van der Waals surface area contributed by atoms with Crippen molar-refractivity contribution in [3.05, 3.63) is 59.5 Å². The van der Waals surface area contributed by atoms with Gasteiger partial charge in [0.1, 0.15) is 5.76 Å². The largest absolute Gasteiger partial charge is 0.463 e. The van der Waals surface area contributed by atoms with Gasteiger partial charge in [0.15, 0.2) is 5.17 Å². The minimum atomic E-state index is -0.142. The molecule has 1 aliphatic heterocycles. The molecule has 0 N–H and O–H groups in total. The monoisotopic (exact) mass is 327 g/mol. The van der Waals surface area contributed by atoms with Crippen LogP contribution in [0.4, 0.5) is 0 Å². The van der Waals surface area contributed by atoms with Crippen LogP contribution in [0.5, 0.6) is 0 Å². The van der Waals surface area contributed by atoms with Crippen molar-refractivity contribution < 1.29 is 9.21 Å². The number of hydrogen-bond donors (Lipinski definition) is 0. The lowest BCUT2D eigenvalue weighted by molar-refractivity contribution is -0.126. The third-order valence-corrected chi connectivity index (χ3v) is 4.66. The minimum Gasteiger partial charge on any atom is -0.463 e. The summed E-state index contributed by atoms with van der Waals surface area (Å²) in [4.78, 5) is 14.1. The first-order valence-corrected chi connectivity index (χ1v) is 8.20. The quantitative estimate of drug-likeness (QED) is 0.638. The van der Waals surface area contributed by atoms with E-state index < -0.39 is 0 Å². The van der Waals surface area contributed by atoms with Gasteiger partial charge in [-0.25, -0.2) is 0 Å². The first-order chi connectivity index (χ1) is 11.1. The molecule has 1 aromatic carbocycles. The fourth-order valence-electron chi connectivity index (χ4n) is 2.27. The number of thioether (sulfide) groups is 1. The number of nitrogens with zero attached hydrogens (tertiary/aromatic N) is 3. The Morgan fingerprint density at radius 1 is 1.30 bits per heavy atom. The second-order valence-electron chi connectivity index (χ2n) is 5.25. The van der Waals surface area contributed by atoms with Crippen molar-refractivity contribution in [3.63, 3.8) is 0 Å². The van der Waals surface area contributed by atoms with E-state index in [1.807, 2.05) is 38.1 Å². The molecule has 1 amide bonds. The van der Waals surface area contributed by atoms with Crippen molar-refractivity contribution in [1.29, 1.82) is 0 Å². The average Bonchev–Trinajstić information content (AvgIpc) is 3.14. The van der Waals surface area contributed by atoms with Crippen molar-refractivity contribution in [1.82, 2.24) is 4.90 Å². The van der Waals surface area contributed by atoms with Crippen LogP contribution in [0.1, 0.15) is 23.8 Å². The van der Waals surface area contributed by atoms with Crippen LogP contribution in [0.25, 0.3) is 0 Å². The summed E-state index contributed by atoms with van der Waals surface area (Å²) in [6.07, 6.45) is 3.11. The molecule has 5 nitrogen and oxygen atoms in total. The lowest BCUT2D eigenvalue weighted by Crippen LogP contribution is -2.31. The number of furan rings is 1. The van der Waals surface area contributed by atoms with Gasteiger partial charge in [0.05, 0.1) is 24.3 Å². The molecule has 2 aromatic rings. The number of hydrogen-bond acceptors (Lipinski definition) is 5. The summed E-state index contributed by atoms with van der Waals surface area (Å²) in [6.45, 7) is 4.44. The SMILES string of the molecule is Cc1ccccc1CN1C(=O)C(C)S/C1=N/N=C/c1ccco1. The maximum Gasteiger partial charge on any atom is 0.242 e. The van der Waals surface area contributed by atoms with E-state index in [-0.39, 0.29) is 11.2 Å². The van der Waals surface area contributed by atoms with Crippen LogP contribution in [0, 0.1) is 6.92 Å². The Labute approximate surface area is 139 Å². The zero-order chi connectivity index (χ0) is 16.2. The van der Waals surface area contributed by atoms with Gasteiger partial charge in [-0.1, -0.05) is 36.0 Å². The van der Waals surface area contributed by atoms with Gasteiger partial charge >= 0.3 is 0 Å². The first kappa shape index (κ1) is 15.6. The number of amidine groups is 1. The normalized spacial score (nSPS) is 20.1. The van der Waals surface area contributed by atoms with E-state index in [0.29, 0.717) is 17.5 Å². The molecule has 23 heavy (non-hydrogen) atoms. The van der Waals surface area contributed by atoms with Gasteiger partial charge in [0.2, 0.25) is 5.91 Å². The Bertz CT molecular complexity index is 753. The number of aryl methyl sites for hydroxylation is 1. The van der Waals surface area contributed by atoms with E-state index >= 15 is 0 Å². The molecule has 1 atom stereocenters. The molecule has 1 saturated heterocycles. The van der Waals surface area contributed by atoms with Crippen LogP contribution in [-0.2, 0) is 11.3 Å². The number of carbonyl (C=O) groups is 1. The molecular weight excluding hydrogens is 310 g/mol. The van der Waals surface area contributed by atoms with Gasteiger partial charge < -0.3 is 4.42 Å². The molecule has 0 radical (unpaired) electrons. The van der Waals surface area contributed by atoms with Crippen molar-refractivity contribution >= 4 is 29.1 Å². The summed E-state index contributed by atoms with van der Waals surface area (Å²) in [5.74, 6) is 0.687. The molecule has 0 spiro atoms. The van der Waals surface area contributed by atoms with E-state index in [9.17, 15) is 4.79 Å². The predicted octanol–water partition coefficient (Wildman–Crippen LogP) is 3.44. The van der Waals surface area contributed by atoms with E-state index in [1.54, 1.807) is 23.3 Å².